The van der Waals surface area contributed by atoms with Crippen LogP contribution in [0, 0.1) is 17.1 Å². The van der Waals surface area contributed by atoms with Gasteiger partial charge in [0, 0.05) is 0 Å². The van der Waals surface area contributed by atoms with E-state index in [1.165, 1.54) is 30.5 Å². The van der Waals surface area contributed by atoms with Gasteiger partial charge in [0.05, 0.1) is 23.7 Å². The smallest absolute Gasteiger partial charge is 0.232 e. The van der Waals surface area contributed by atoms with Crippen molar-refractivity contribution in [1.82, 2.24) is 4.98 Å². The number of benzene rings is 2. The van der Waals surface area contributed by atoms with Crippen molar-refractivity contribution in [2.75, 3.05) is 5.32 Å². The number of rotatable bonds is 5. The molecular formula is C21H16FN3O2. The number of halogens is 1. The summed E-state index contributed by atoms with van der Waals surface area (Å²) in [6.07, 6.45) is 1.47. The van der Waals surface area contributed by atoms with Crippen LogP contribution in [0.15, 0.2) is 66.9 Å². The Hall–Kier alpha value is -3.72. The SMILES string of the molecule is CC(C(=O)Nc1ccc(Oc2ccc(F)cc2)cn1)c1cccc(C#N)c1. The molecule has 0 aliphatic rings. The number of nitriles is 1. The molecule has 3 aromatic rings. The Morgan fingerprint density at radius 1 is 1.15 bits per heavy atom. The minimum atomic E-state index is -0.435. The second-order valence-electron chi connectivity index (χ2n) is 5.88. The minimum Gasteiger partial charge on any atom is -0.456 e. The average molecular weight is 361 g/mol. The number of hydrogen-bond acceptors (Lipinski definition) is 4. The molecule has 2 aromatic carbocycles. The maximum absolute atomic E-state index is 12.9. The first kappa shape index (κ1) is 18.1. The van der Waals surface area contributed by atoms with Gasteiger partial charge in [0.1, 0.15) is 23.1 Å². The molecule has 134 valence electrons. The van der Waals surface area contributed by atoms with Gasteiger partial charge in [-0.15, -0.1) is 0 Å². The Labute approximate surface area is 156 Å². The fraction of sp³-hybridized carbons (Fsp3) is 0.0952. The van der Waals surface area contributed by atoms with Gasteiger partial charge in [-0.05, 0) is 61.0 Å². The molecule has 1 heterocycles. The van der Waals surface area contributed by atoms with E-state index in [1.54, 1.807) is 43.3 Å². The number of carbonyl (C=O) groups is 1. The summed E-state index contributed by atoms with van der Waals surface area (Å²) in [5.74, 6) is 0.332. The van der Waals surface area contributed by atoms with Gasteiger partial charge in [0.25, 0.3) is 0 Å². The number of nitrogens with zero attached hydrogens (tertiary/aromatic N) is 2. The van der Waals surface area contributed by atoms with Crippen LogP contribution in [0.3, 0.4) is 0 Å². The molecule has 0 spiro atoms. The second-order valence-corrected chi connectivity index (χ2v) is 5.88. The van der Waals surface area contributed by atoms with Crippen LogP contribution in [0.25, 0.3) is 0 Å². The van der Waals surface area contributed by atoms with Gasteiger partial charge < -0.3 is 10.1 Å². The topological polar surface area (TPSA) is 75.0 Å². The first-order valence-corrected chi connectivity index (χ1v) is 8.25. The number of amides is 1. The van der Waals surface area contributed by atoms with Crippen molar-refractivity contribution >= 4 is 11.7 Å². The van der Waals surface area contributed by atoms with Crippen molar-refractivity contribution < 1.29 is 13.9 Å². The number of pyridine rings is 1. The predicted molar refractivity (Wildman–Crippen MR) is 98.9 cm³/mol. The molecule has 0 radical (unpaired) electrons. The Balaban J connectivity index is 1.64. The summed E-state index contributed by atoms with van der Waals surface area (Å²) in [6.45, 7) is 1.76. The molecule has 6 heteroatoms. The lowest BCUT2D eigenvalue weighted by atomic mass is 9.98. The van der Waals surface area contributed by atoms with Crippen LogP contribution in [0.4, 0.5) is 10.2 Å². The van der Waals surface area contributed by atoms with Crippen molar-refractivity contribution in [1.29, 1.82) is 5.26 Å². The molecule has 1 N–H and O–H groups in total. The standard InChI is InChI=1S/C21H16FN3O2/c1-14(16-4-2-3-15(11-16)12-23)21(26)25-20-10-9-19(13-24-20)27-18-7-5-17(22)6-8-18/h2-11,13-14H,1H3,(H,24,25,26). The zero-order valence-corrected chi connectivity index (χ0v) is 14.5. The largest absolute Gasteiger partial charge is 0.456 e. The molecule has 3 rings (SSSR count). The zero-order valence-electron chi connectivity index (χ0n) is 14.5. The molecule has 0 aliphatic heterocycles. The summed E-state index contributed by atoms with van der Waals surface area (Å²) in [7, 11) is 0. The molecule has 0 bridgehead atoms. The van der Waals surface area contributed by atoms with E-state index in [4.69, 9.17) is 10.00 Å². The lowest BCUT2D eigenvalue weighted by Gasteiger charge is -2.13. The number of carbonyl (C=O) groups excluding carboxylic acids is 1. The third kappa shape index (κ3) is 4.67. The van der Waals surface area contributed by atoms with E-state index in [-0.39, 0.29) is 11.7 Å². The van der Waals surface area contributed by atoms with E-state index in [9.17, 15) is 9.18 Å². The monoisotopic (exact) mass is 361 g/mol. The van der Waals surface area contributed by atoms with Gasteiger partial charge >= 0.3 is 0 Å². The van der Waals surface area contributed by atoms with E-state index in [0.29, 0.717) is 22.9 Å². The van der Waals surface area contributed by atoms with Crippen LogP contribution in [0.1, 0.15) is 24.0 Å². The fourth-order valence-corrected chi connectivity index (χ4v) is 2.42. The van der Waals surface area contributed by atoms with Crippen LogP contribution >= 0.6 is 0 Å². The zero-order chi connectivity index (χ0) is 19.2. The predicted octanol–water partition coefficient (Wildman–Crippen LogP) is 4.63. The highest BCUT2D eigenvalue weighted by Gasteiger charge is 2.16. The lowest BCUT2D eigenvalue weighted by molar-refractivity contribution is -0.117. The summed E-state index contributed by atoms with van der Waals surface area (Å²) in [5.41, 5.74) is 1.26. The molecule has 27 heavy (non-hydrogen) atoms. The van der Waals surface area contributed by atoms with Gasteiger partial charge in [0.2, 0.25) is 5.91 Å². The quantitative estimate of drug-likeness (QED) is 0.719. The van der Waals surface area contributed by atoms with Crippen molar-refractivity contribution in [3.8, 4) is 17.6 Å². The molecule has 5 nitrogen and oxygen atoms in total. The average Bonchev–Trinajstić information content (AvgIpc) is 2.70. The summed E-state index contributed by atoms with van der Waals surface area (Å²) < 4.78 is 18.5. The van der Waals surface area contributed by atoms with Crippen molar-refractivity contribution in [2.45, 2.75) is 12.8 Å². The number of nitrogens with one attached hydrogen (secondary N) is 1. The summed E-state index contributed by atoms with van der Waals surface area (Å²) in [5, 5.41) is 11.7. The summed E-state index contributed by atoms with van der Waals surface area (Å²) >= 11 is 0. The Bertz CT molecular complexity index is 980. The number of anilines is 1. The van der Waals surface area contributed by atoms with Crippen molar-refractivity contribution in [3.05, 3.63) is 83.8 Å². The maximum atomic E-state index is 12.9. The highest BCUT2D eigenvalue weighted by Crippen LogP contribution is 2.23. The highest BCUT2D eigenvalue weighted by atomic mass is 19.1. The van der Waals surface area contributed by atoms with Gasteiger partial charge in [-0.1, -0.05) is 12.1 Å². The highest BCUT2D eigenvalue weighted by molar-refractivity contribution is 5.94. The van der Waals surface area contributed by atoms with Gasteiger partial charge in [-0.2, -0.15) is 5.26 Å². The number of hydrogen-bond donors (Lipinski definition) is 1. The molecule has 1 aromatic heterocycles. The molecule has 1 atom stereocenters. The Morgan fingerprint density at radius 2 is 1.89 bits per heavy atom. The van der Waals surface area contributed by atoms with E-state index in [1.807, 2.05) is 0 Å². The third-order valence-corrected chi connectivity index (χ3v) is 3.95. The summed E-state index contributed by atoms with van der Waals surface area (Å²) in [4.78, 5) is 16.6. The number of aromatic nitrogens is 1. The molecule has 0 saturated carbocycles. The van der Waals surface area contributed by atoms with E-state index in [2.05, 4.69) is 16.4 Å². The first-order valence-electron chi connectivity index (χ1n) is 8.25. The minimum absolute atomic E-state index is 0.232. The maximum Gasteiger partial charge on any atom is 0.232 e. The van der Waals surface area contributed by atoms with Crippen molar-refractivity contribution in [3.63, 3.8) is 0 Å². The van der Waals surface area contributed by atoms with E-state index in [0.717, 1.165) is 5.56 Å². The molecule has 0 fully saturated rings. The molecule has 1 amide bonds. The van der Waals surface area contributed by atoms with E-state index < -0.39 is 5.92 Å². The molecule has 0 aliphatic carbocycles. The first-order chi connectivity index (χ1) is 13.0. The van der Waals surface area contributed by atoms with Crippen LogP contribution in [0.5, 0.6) is 11.5 Å². The Kier molecular flexibility index (Phi) is 5.43. The van der Waals surface area contributed by atoms with Crippen LogP contribution in [0.2, 0.25) is 0 Å². The van der Waals surface area contributed by atoms with Gasteiger partial charge in [0.15, 0.2) is 0 Å². The summed E-state index contributed by atoms with van der Waals surface area (Å²) in [6, 6.07) is 17.9. The fourth-order valence-electron chi connectivity index (χ4n) is 2.42. The number of ether oxygens (including phenoxy) is 1. The lowest BCUT2D eigenvalue weighted by Crippen LogP contribution is -2.19. The Morgan fingerprint density at radius 3 is 2.56 bits per heavy atom. The van der Waals surface area contributed by atoms with E-state index >= 15 is 0 Å². The van der Waals surface area contributed by atoms with Crippen LogP contribution in [-0.4, -0.2) is 10.9 Å². The van der Waals surface area contributed by atoms with Crippen LogP contribution < -0.4 is 10.1 Å². The van der Waals surface area contributed by atoms with Crippen LogP contribution in [-0.2, 0) is 4.79 Å². The molecule has 0 saturated heterocycles. The van der Waals surface area contributed by atoms with Gasteiger partial charge in [-0.25, -0.2) is 9.37 Å². The normalized spacial score (nSPS) is 11.3. The molecular weight excluding hydrogens is 345 g/mol. The molecule has 1 unspecified atom stereocenters. The third-order valence-electron chi connectivity index (χ3n) is 3.95. The van der Waals surface area contributed by atoms with Crippen molar-refractivity contribution in [2.24, 2.45) is 0 Å². The van der Waals surface area contributed by atoms with Gasteiger partial charge in [-0.3, -0.25) is 4.79 Å². The second kappa shape index (κ2) is 8.11.